The molecule has 0 aliphatic carbocycles. The maximum atomic E-state index is 13.0. The average Bonchev–Trinajstić information content (AvgIpc) is 3.22. The molecule has 0 N–H and O–H groups in total. The Morgan fingerprint density at radius 2 is 1.96 bits per heavy atom. The molecular weight excluding hydrogens is 307 g/mol. The Morgan fingerprint density at radius 1 is 1.17 bits per heavy atom. The fourth-order valence-corrected chi connectivity index (χ4v) is 2.99. The van der Waals surface area contributed by atoms with E-state index in [1.165, 1.54) is 17.7 Å². The smallest absolute Gasteiger partial charge is 0.233 e. The first-order chi connectivity index (χ1) is 11.7. The van der Waals surface area contributed by atoms with Crippen LogP contribution in [-0.2, 0) is 17.6 Å². The van der Waals surface area contributed by atoms with Crippen LogP contribution in [0.5, 0.6) is 0 Å². The maximum absolute atomic E-state index is 13.0. The van der Waals surface area contributed by atoms with Gasteiger partial charge in [-0.15, -0.1) is 0 Å². The molecule has 0 saturated heterocycles. The summed E-state index contributed by atoms with van der Waals surface area (Å²) in [6.07, 6.45) is 1.06. The lowest BCUT2D eigenvalue weighted by atomic mass is 10.1. The second-order valence-electron chi connectivity index (χ2n) is 5.79. The van der Waals surface area contributed by atoms with E-state index in [1.54, 1.807) is 23.1 Å². The second kappa shape index (κ2) is 5.92. The molecule has 0 spiro atoms. The van der Waals surface area contributed by atoms with Crippen LogP contribution in [0.2, 0.25) is 0 Å². The molecule has 5 heteroatoms. The normalized spacial score (nSPS) is 13.1. The van der Waals surface area contributed by atoms with E-state index in [9.17, 15) is 9.18 Å². The summed E-state index contributed by atoms with van der Waals surface area (Å²) in [5, 5.41) is 3.97. The van der Waals surface area contributed by atoms with Crippen LogP contribution in [0.15, 0.2) is 59.1 Å². The summed E-state index contributed by atoms with van der Waals surface area (Å²) in [6.45, 7) is 0.695. The zero-order valence-electron chi connectivity index (χ0n) is 12.9. The Morgan fingerprint density at radius 3 is 2.79 bits per heavy atom. The summed E-state index contributed by atoms with van der Waals surface area (Å²) in [6, 6.07) is 15.6. The quantitative estimate of drug-likeness (QED) is 0.740. The largest absolute Gasteiger partial charge is 0.356 e. The first kappa shape index (κ1) is 14.6. The Bertz CT molecular complexity index is 886. The van der Waals surface area contributed by atoms with Gasteiger partial charge in [0.05, 0.1) is 12.1 Å². The highest BCUT2D eigenvalue weighted by molar-refractivity contribution is 5.96. The number of hydrogen-bond donors (Lipinski definition) is 0. The first-order valence-corrected chi connectivity index (χ1v) is 7.80. The summed E-state index contributed by atoms with van der Waals surface area (Å²) in [5.74, 6) is 0.222. The van der Waals surface area contributed by atoms with E-state index in [4.69, 9.17) is 4.52 Å². The van der Waals surface area contributed by atoms with Crippen LogP contribution in [0.4, 0.5) is 10.1 Å². The predicted molar refractivity (Wildman–Crippen MR) is 88.1 cm³/mol. The number of benzene rings is 2. The molecule has 0 saturated carbocycles. The van der Waals surface area contributed by atoms with E-state index in [0.717, 1.165) is 17.7 Å². The molecule has 0 fully saturated rings. The minimum Gasteiger partial charge on any atom is -0.356 e. The average molecular weight is 322 g/mol. The van der Waals surface area contributed by atoms with Gasteiger partial charge >= 0.3 is 0 Å². The van der Waals surface area contributed by atoms with E-state index in [2.05, 4.69) is 5.16 Å². The lowest BCUT2D eigenvalue weighted by molar-refractivity contribution is -0.118. The number of rotatable bonds is 3. The predicted octanol–water partition coefficient (Wildman–Crippen LogP) is 3.61. The molecule has 120 valence electrons. The highest BCUT2D eigenvalue weighted by Crippen LogP contribution is 2.28. The van der Waals surface area contributed by atoms with Gasteiger partial charge in [-0.1, -0.05) is 23.4 Å². The number of halogens is 1. The maximum Gasteiger partial charge on any atom is 0.233 e. The van der Waals surface area contributed by atoms with Crippen molar-refractivity contribution in [3.8, 4) is 11.3 Å². The van der Waals surface area contributed by atoms with Gasteiger partial charge in [0.15, 0.2) is 5.76 Å². The van der Waals surface area contributed by atoms with Gasteiger partial charge in [0.2, 0.25) is 5.91 Å². The zero-order chi connectivity index (χ0) is 16.5. The van der Waals surface area contributed by atoms with E-state index in [-0.39, 0.29) is 18.1 Å². The van der Waals surface area contributed by atoms with Gasteiger partial charge in [-0.3, -0.25) is 4.79 Å². The number of carbonyl (C=O) groups is 1. The summed E-state index contributed by atoms with van der Waals surface area (Å²) < 4.78 is 18.3. The monoisotopic (exact) mass is 322 g/mol. The van der Waals surface area contributed by atoms with Gasteiger partial charge in [-0.25, -0.2) is 4.39 Å². The van der Waals surface area contributed by atoms with Gasteiger partial charge in [-0.05, 0) is 42.3 Å². The van der Waals surface area contributed by atoms with Gasteiger partial charge in [-0.2, -0.15) is 0 Å². The van der Waals surface area contributed by atoms with Crippen molar-refractivity contribution in [3.05, 3.63) is 71.7 Å². The number of para-hydroxylation sites is 1. The van der Waals surface area contributed by atoms with Crippen LogP contribution in [0.3, 0.4) is 0 Å². The van der Waals surface area contributed by atoms with Gasteiger partial charge < -0.3 is 9.42 Å². The molecule has 3 aromatic rings. The van der Waals surface area contributed by atoms with Crippen LogP contribution < -0.4 is 4.90 Å². The third kappa shape index (κ3) is 2.69. The molecule has 1 amide bonds. The minimum atomic E-state index is -0.304. The molecule has 0 radical (unpaired) electrons. The minimum absolute atomic E-state index is 0.00101. The summed E-state index contributed by atoms with van der Waals surface area (Å²) in [7, 11) is 0. The number of fused-ring (bicyclic) bond motifs is 1. The lowest BCUT2D eigenvalue weighted by Crippen LogP contribution is -2.30. The summed E-state index contributed by atoms with van der Waals surface area (Å²) in [4.78, 5) is 14.4. The van der Waals surface area contributed by atoms with Gasteiger partial charge in [0, 0.05) is 23.9 Å². The third-order valence-corrected chi connectivity index (χ3v) is 4.21. The molecule has 2 heterocycles. The standard InChI is InChI=1S/C19H15FN2O2/c20-15-7-5-14(6-8-15)18-11-16(21-24-18)12-19(23)22-10-9-13-3-1-2-4-17(13)22/h1-8,11H,9-10,12H2. The molecule has 0 bridgehead atoms. The molecule has 4 rings (SSSR count). The molecule has 1 aliphatic rings. The van der Waals surface area contributed by atoms with Crippen LogP contribution in [-0.4, -0.2) is 17.6 Å². The first-order valence-electron chi connectivity index (χ1n) is 7.80. The number of carbonyl (C=O) groups excluding carboxylic acids is 1. The van der Waals surface area contributed by atoms with Gasteiger partial charge in [0.25, 0.3) is 0 Å². The van der Waals surface area contributed by atoms with Crippen molar-refractivity contribution in [2.24, 2.45) is 0 Å². The number of anilines is 1. The third-order valence-electron chi connectivity index (χ3n) is 4.21. The van der Waals surface area contributed by atoms with Crippen molar-refractivity contribution in [2.45, 2.75) is 12.8 Å². The summed E-state index contributed by atoms with van der Waals surface area (Å²) in [5.41, 5.74) is 3.47. The van der Waals surface area contributed by atoms with Crippen LogP contribution in [0.25, 0.3) is 11.3 Å². The fourth-order valence-electron chi connectivity index (χ4n) is 2.99. The van der Waals surface area contributed by atoms with Crippen molar-refractivity contribution in [3.63, 3.8) is 0 Å². The van der Waals surface area contributed by atoms with E-state index < -0.39 is 0 Å². The Kier molecular flexibility index (Phi) is 3.61. The highest BCUT2D eigenvalue weighted by atomic mass is 19.1. The van der Waals surface area contributed by atoms with Crippen LogP contribution >= 0.6 is 0 Å². The van der Waals surface area contributed by atoms with E-state index >= 15 is 0 Å². The Labute approximate surface area is 138 Å². The van der Waals surface area contributed by atoms with E-state index in [1.807, 2.05) is 24.3 Å². The van der Waals surface area contributed by atoms with Crippen molar-refractivity contribution in [2.75, 3.05) is 11.4 Å². The van der Waals surface area contributed by atoms with Crippen molar-refractivity contribution in [1.82, 2.24) is 5.16 Å². The topological polar surface area (TPSA) is 46.3 Å². The SMILES string of the molecule is O=C(Cc1cc(-c2ccc(F)cc2)on1)N1CCc2ccccc21. The molecule has 4 nitrogen and oxygen atoms in total. The molecule has 1 aliphatic heterocycles. The molecule has 1 aromatic heterocycles. The van der Waals surface area contributed by atoms with Crippen LogP contribution in [0, 0.1) is 5.82 Å². The molecule has 0 atom stereocenters. The van der Waals surface area contributed by atoms with Crippen molar-refractivity contribution < 1.29 is 13.7 Å². The number of aromatic nitrogens is 1. The fraction of sp³-hybridized carbons (Fsp3) is 0.158. The number of nitrogens with zero attached hydrogens (tertiary/aromatic N) is 2. The molecule has 2 aromatic carbocycles. The Balaban J connectivity index is 1.50. The highest BCUT2D eigenvalue weighted by Gasteiger charge is 2.25. The Hall–Kier alpha value is -2.95. The van der Waals surface area contributed by atoms with E-state index in [0.29, 0.717) is 18.0 Å². The number of amides is 1. The summed E-state index contributed by atoms with van der Waals surface area (Å²) >= 11 is 0. The molecular formula is C19H15FN2O2. The lowest BCUT2D eigenvalue weighted by Gasteiger charge is -2.16. The number of hydrogen-bond acceptors (Lipinski definition) is 3. The second-order valence-corrected chi connectivity index (χ2v) is 5.79. The van der Waals surface area contributed by atoms with Gasteiger partial charge in [0.1, 0.15) is 5.82 Å². The molecule has 24 heavy (non-hydrogen) atoms. The zero-order valence-corrected chi connectivity index (χ0v) is 12.9. The molecule has 0 unspecified atom stereocenters. The van der Waals surface area contributed by atoms with Crippen molar-refractivity contribution >= 4 is 11.6 Å². The van der Waals surface area contributed by atoms with Crippen molar-refractivity contribution in [1.29, 1.82) is 0 Å². The van der Waals surface area contributed by atoms with Crippen LogP contribution in [0.1, 0.15) is 11.3 Å².